The molecule has 0 atom stereocenters. The van der Waals surface area contributed by atoms with Gasteiger partial charge in [0.15, 0.2) is 0 Å². The van der Waals surface area contributed by atoms with E-state index in [1.54, 1.807) is 0 Å². The third-order valence-corrected chi connectivity index (χ3v) is 2.55. The summed E-state index contributed by atoms with van der Waals surface area (Å²) in [5.41, 5.74) is 1.43. The quantitative estimate of drug-likeness (QED) is 0.733. The molecule has 0 aliphatic heterocycles. The summed E-state index contributed by atoms with van der Waals surface area (Å²) in [7, 11) is 0. The molecule has 0 saturated heterocycles. The van der Waals surface area contributed by atoms with Crippen molar-refractivity contribution >= 4 is 11.3 Å². The number of hydrogen-bond acceptors (Lipinski definition) is 2. The van der Waals surface area contributed by atoms with Crippen LogP contribution in [0.2, 0.25) is 0 Å². The summed E-state index contributed by atoms with van der Waals surface area (Å²) in [6, 6.07) is 2.77. The van der Waals surface area contributed by atoms with Crippen molar-refractivity contribution in [1.29, 1.82) is 0 Å². The van der Waals surface area contributed by atoms with Gasteiger partial charge in [0.05, 0.1) is 0 Å². The average Bonchev–Trinajstić information content (AvgIpc) is 2.31. The van der Waals surface area contributed by atoms with Crippen LogP contribution in [0.15, 0.2) is 11.4 Å². The highest BCUT2D eigenvalue weighted by molar-refractivity contribution is 7.10. The van der Waals surface area contributed by atoms with E-state index in [-0.39, 0.29) is 0 Å². The predicted molar refractivity (Wildman–Crippen MR) is 51.0 cm³/mol. The molecule has 0 aliphatic carbocycles. The van der Waals surface area contributed by atoms with Gasteiger partial charge in [0.25, 0.3) is 0 Å². The van der Waals surface area contributed by atoms with Crippen LogP contribution < -0.4 is 5.32 Å². The van der Waals surface area contributed by atoms with Crippen LogP contribution in [-0.4, -0.2) is 6.04 Å². The number of nitrogens with one attached hydrogen (secondary N) is 1. The second-order valence-corrected chi connectivity index (χ2v) is 4.16. The first-order chi connectivity index (χ1) is 5.20. The monoisotopic (exact) mass is 169 g/mol. The fourth-order valence-electron chi connectivity index (χ4n) is 0.909. The second kappa shape index (κ2) is 3.88. The first-order valence-corrected chi connectivity index (χ1v) is 4.84. The van der Waals surface area contributed by atoms with Crippen LogP contribution in [0.5, 0.6) is 0 Å². The zero-order valence-corrected chi connectivity index (χ0v) is 8.16. The van der Waals surface area contributed by atoms with Crippen LogP contribution in [0.3, 0.4) is 0 Å². The molecule has 0 aliphatic rings. The average molecular weight is 169 g/mol. The zero-order chi connectivity index (χ0) is 8.27. The van der Waals surface area contributed by atoms with E-state index < -0.39 is 0 Å². The Morgan fingerprint density at radius 2 is 2.27 bits per heavy atom. The zero-order valence-electron chi connectivity index (χ0n) is 7.35. The Kier molecular flexibility index (Phi) is 3.09. The Morgan fingerprint density at radius 3 is 2.73 bits per heavy atom. The maximum absolute atomic E-state index is 3.40. The smallest absolute Gasteiger partial charge is 0.0218 e. The summed E-state index contributed by atoms with van der Waals surface area (Å²) < 4.78 is 0. The molecular weight excluding hydrogens is 154 g/mol. The molecule has 0 radical (unpaired) electrons. The van der Waals surface area contributed by atoms with Crippen LogP contribution in [-0.2, 0) is 6.54 Å². The van der Waals surface area contributed by atoms with Crippen LogP contribution >= 0.6 is 11.3 Å². The van der Waals surface area contributed by atoms with Gasteiger partial charge in [-0.2, -0.15) is 0 Å². The van der Waals surface area contributed by atoms with E-state index in [2.05, 4.69) is 37.5 Å². The Labute approximate surface area is 72.4 Å². The van der Waals surface area contributed by atoms with Gasteiger partial charge < -0.3 is 5.32 Å². The summed E-state index contributed by atoms with van der Waals surface area (Å²) >= 11 is 1.82. The summed E-state index contributed by atoms with van der Waals surface area (Å²) in [5.74, 6) is 0. The molecule has 0 amide bonds. The SMILES string of the molecule is Cc1sccc1CNC(C)C. The molecule has 2 heteroatoms. The molecule has 0 bridgehead atoms. The van der Waals surface area contributed by atoms with Gasteiger partial charge in [-0.1, -0.05) is 13.8 Å². The second-order valence-electron chi connectivity index (χ2n) is 3.04. The van der Waals surface area contributed by atoms with Crippen LogP contribution in [0.25, 0.3) is 0 Å². The maximum Gasteiger partial charge on any atom is 0.0218 e. The van der Waals surface area contributed by atoms with Gasteiger partial charge in [-0.3, -0.25) is 0 Å². The normalized spacial score (nSPS) is 10.9. The lowest BCUT2D eigenvalue weighted by molar-refractivity contribution is 0.588. The first-order valence-electron chi connectivity index (χ1n) is 3.96. The molecule has 0 aromatic carbocycles. The fourth-order valence-corrected chi connectivity index (χ4v) is 1.64. The lowest BCUT2D eigenvalue weighted by Crippen LogP contribution is -2.21. The maximum atomic E-state index is 3.40. The van der Waals surface area contributed by atoms with Crippen molar-refractivity contribution in [3.8, 4) is 0 Å². The topological polar surface area (TPSA) is 12.0 Å². The fraction of sp³-hybridized carbons (Fsp3) is 0.556. The Bertz CT molecular complexity index is 215. The van der Waals surface area contributed by atoms with Crippen LogP contribution in [0.1, 0.15) is 24.3 Å². The lowest BCUT2D eigenvalue weighted by atomic mass is 10.2. The highest BCUT2D eigenvalue weighted by atomic mass is 32.1. The molecule has 0 fully saturated rings. The molecule has 11 heavy (non-hydrogen) atoms. The lowest BCUT2D eigenvalue weighted by Gasteiger charge is -2.06. The molecule has 1 rings (SSSR count). The van der Waals surface area contributed by atoms with Crippen molar-refractivity contribution in [2.75, 3.05) is 0 Å². The van der Waals surface area contributed by atoms with Crippen molar-refractivity contribution in [3.63, 3.8) is 0 Å². The van der Waals surface area contributed by atoms with Crippen molar-refractivity contribution in [2.24, 2.45) is 0 Å². The molecule has 62 valence electrons. The minimum absolute atomic E-state index is 0.578. The third-order valence-electron chi connectivity index (χ3n) is 1.67. The van der Waals surface area contributed by atoms with E-state index >= 15 is 0 Å². The molecule has 0 saturated carbocycles. The van der Waals surface area contributed by atoms with E-state index in [1.807, 2.05) is 11.3 Å². The molecule has 1 aromatic rings. The van der Waals surface area contributed by atoms with Crippen molar-refractivity contribution in [1.82, 2.24) is 5.32 Å². The van der Waals surface area contributed by atoms with E-state index in [4.69, 9.17) is 0 Å². The van der Waals surface area contributed by atoms with E-state index in [9.17, 15) is 0 Å². The van der Waals surface area contributed by atoms with E-state index in [0.29, 0.717) is 6.04 Å². The van der Waals surface area contributed by atoms with Gasteiger partial charge in [-0.15, -0.1) is 11.3 Å². The molecule has 0 unspecified atom stereocenters. The molecule has 1 N–H and O–H groups in total. The largest absolute Gasteiger partial charge is 0.310 e. The van der Waals surface area contributed by atoms with Gasteiger partial charge in [0, 0.05) is 17.5 Å². The van der Waals surface area contributed by atoms with Crippen LogP contribution in [0.4, 0.5) is 0 Å². The molecular formula is C9H15NS. The Balaban J connectivity index is 2.44. The summed E-state index contributed by atoms with van der Waals surface area (Å²) in [4.78, 5) is 1.43. The summed E-state index contributed by atoms with van der Waals surface area (Å²) in [6.07, 6.45) is 0. The van der Waals surface area contributed by atoms with Crippen molar-refractivity contribution < 1.29 is 0 Å². The first kappa shape index (κ1) is 8.75. The highest BCUT2D eigenvalue weighted by Crippen LogP contribution is 2.14. The van der Waals surface area contributed by atoms with E-state index in [0.717, 1.165) is 6.54 Å². The van der Waals surface area contributed by atoms with Crippen molar-refractivity contribution in [2.45, 2.75) is 33.4 Å². The number of rotatable bonds is 3. The Hall–Kier alpha value is -0.340. The minimum atomic E-state index is 0.578. The van der Waals surface area contributed by atoms with Gasteiger partial charge in [-0.25, -0.2) is 0 Å². The van der Waals surface area contributed by atoms with Gasteiger partial charge in [-0.05, 0) is 23.9 Å². The van der Waals surface area contributed by atoms with Gasteiger partial charge in [0.1, 0.15) is 0 Å². The predicted octanol–water partition coefficient (Wildman–Crippen LogP) is 2.55. The third kappa shape index (κ3) is 2.64. The summed E-state index contributed by atoms with van der Waals surface area (Å²) in [6.45, 7) is 7.51. The molecule has 1 aromatic heterocycles. The molecule has 1 nitrogen and oxygen atoms in total. The van der Waals surface area contributed by atoms with Crippen molar-refractivity contribution in [3.05, 3.63) is 21.9 Å². The number of aryl methyl sites for hydroxylation is 1. The standard InChI is InChI=1S/C9H15NS/c1-7(2)10-6-9-4-5-11-8(9)3/h4-5,7,10H,6H2,1-3H3. The van der Waals surface area contributed by atoms with Gasteiger partial charge >= 0.3 is 0 Å². The highest BCUT2D eigenvalue weighted by Gasteiger charge is 1.98. The Morgan fingerprint density at radius 1 is 1.55 bits per heavy atom. The van der Waals surface area contributed by atoms with E-state index in [1.165, 1.54) is 10.4 Å². The number of thiophene rings is 1. The number of hydrogen-bond donors (Lipinski definition) is 1. The summed E-state index contributed by atoms with van der Waals surface area (Å²) in [5, 5.41) is 5.54. The minimum Gasteiger partial charge on any atom is -0.310 e. The van der Waals surface area contributed by atoms with Crippen LogP contribution in [0, 0.1) is 6.92 Å². The molecule has 0 spiro atoms. The van der Waals surface area contributed by atoms with Gasteiger partial charge in [0.2, 0.25) is 0 Å². The molecule has 1 heterocycles.